The van der Waals surface area contributed by atoms with Gasteiger partial charge in [-0.05, 0) is 68.7 Å². The number of benzene rings is 3. The number of halogens is 2. The molecule has 44 heavy (non-hydrogen) atoms. The van der Waals surface area contributed by atoms with Crippen molar-refractivity contribution in [1.29, 1.82) is 0 Å². The second-order valence-corrected chi connectivity index (χ2v) is 13.5. The molecule has 236 valence electrons. The minimum atomic E-state index is -4.30. The van der Waals surface area contributed by atoms with E-state index in [-0.39, 0.29) is 34.8 Å². The quantitative estimate of drug-likeness (QED) is 0.256. The molecule has 1 saturated carbocycles. The van der Waals surface area contributed by atoms with Crippen LogP contribution in [0.3, 0.4) is 0 Å². The van der Waals surface area contributed by atoms with Crippen molar-refractivity contribution < 1.29 is 27.5 Å². The van der Waals surface area contributed by atoms with Crippen molar-refractivity contribution in [2.45, 2.75) is 63.1 Å². The topological polar surface area (TPSA) is 105 Å². The van der Waals surface area contributed by atoms with E-state index < -0.39 is 28.5 Å². The van der Waals surface area contributed by atoms with E-state index in [1.54, 1.807) is 49.4 Å². The fourth-order valence-electron chi connectivity index (χ4n) is 5.15. The zero-order valence-electron chi connectivity index (χ0n) is 25.2. The molecule has 3 aromatic carbocycles. The Morgan fingerprint density at radius 2 is 1.61 bits per heavy atom. The van der Waals surface area contributed by atoms with E-state index in [0.717, 1.165) is 35.6 Å². The van der Waals surface area contributed by atoms with E-state index in [9.17, 15) is 18.0 Å². The lowest BCUT2D eigenvalue weighted by atomic mass is 10.1. The van der Waals surface area contributed by atoms with Crippen LogP contribution in [0.15, 0.2) is 65.6 Å². The zero-order valence-corrected chi connectivity index (χ0v) is 27.5. The summed E-state index contributed by atoms with van der Waals surface area (Å²) < 4.78 is 40.0. The molecule has 1 aliphatic carbocycles. The summed E-state index contributed by atoms with van der Waals surface area (Å²) in [5.41, 5.74) is 1.76. The maximum atomic E-state index is 14.2. The largest absolute Gasteiger partial charge is 0.493 e. The van der Waals surface area contributed by atoms with Crippen LogP contribution in [0.25, 0.3) is 0 Å². The van der Waals surface area contributed by atoms with Gasteiger partial charge in [0.1, 0.15) is 12.6 Å². The molecule has 0 heterocycles. The molecule has 1 atom stereocenters. The molecule has 1 fully saturated rings. The van der Waals surface area contributed by atoms with E-state index in [0.29, 0.717) is 21.4 Å². The third-order valence-corrected chi connectivity index (χ3v) is 10.1. The lowest BCUT2D eigenvalue weighted by Crippen LogP contribution is -2.52. The number of hydrogen-bond donors (Lipinski definition) is 1. The van der Waals surface area contributed by atoms with Gasteiger partial charge in [0.05, 0.1) is 24.8 Å². The van der Waals surface area contributed by atoms with E-state index in [4.69, 9.17) is 32.7 Å². The van der Waals surface area contributed by atoms with Gasteiger partial charge in [0.2, 0.25) is 11.8 Å². The molecule has 0 aliphatic heterocycles. The summed E-state index contributed by atoms with van der Waals surface area (Å²) in [6.07, 6.45) is 3.81. The number of rotatable bonds is 12. The van der Waals surface area contributed by atoms with Crippen LogP contribution in [-0.4, -0.2) is 58.0 Å². The Bertz CT molecular complexity index is 1590. The van der Waals surface area contributed by atoms with Crippen molar-refractivity contribution >= 4 is 50.7 Å². The zero-order chi connectivity index (χ0) is 32.0. The fourth-order valence-corrected chi connectivity index (χ4v) is 7.05. The van der Waals surface area contributed by atoms with Gasteiger partial charge in [0.25, 0.3) is 10.0 Å². The molecule has 0 spiro atoms. The van der Waals surface area contributed by atoms with E-state index in [2.05, 4.69) is 5.32 Å². The van der Waals surface area contributed by atoms with E-state index in [1.165, 1.54) is 37.3 Å². The SMILES string of the molecule is COc1ccc(S(=O)(=O)N(CC(=O)N(Cc2ccc(Cl)cc2Cl)[C@@H](C)C(=O)NC2CCCC2)c2ccc(C)cc2)cc1OC. The van der Waals surface area contributed by atoms with E-state index in [1.807, 2.05) is 6.92 Å². The Morgan fingerprint density at radius 1 is 0.955 bits per heavy atom. The number of carbonyl (C=O) groups excluding carboxylic acids is 2. The number of aryl methyl sites for hydroxylation is 1. The molecule has 2 amide bonds. The highest BCUT2D eigenvalue weighted by Gasteiger charge is 2.34. The lowest BCUT2D eigenvalue weighted by molar-refractivity contribution is -0.139. The van der Waals surface area contributed by atoms with Crippen LogP contribution in [0, 0.1) is 6.92 Å². The molecule has 1 N–H and O–H groups in total. The molecule has 9 nitrogen and oxygen atoms in total. The van der Waals surface area contributed by atoms with Gasteiger partial charge < -0.3 is 19.7 Å². The van der Waals surface area contributed by atoms with Crippen LogP contribution < -0.4 is 19.1 Å². The van der Waals surface area contributed by atoms with Crippen molar-refractivity contribution in [3.63, 3.8) is 0 Å². The van der Waals surface area contributed by atoms with Crippen molar-refractivity contribution in [3.05, 3.63) is 81.8 Å². The molecule has 4 rings (SSSR count). The molecule has 0 unspecified atom stereocenters. The first-order valence-corrected chi connectivity index (χ1v) is 16.5. The number of methoxy groups -OCH3 is 2. The number of carbonyl (C=O) groups is 2. The molecule has 0 aromatic heterocycles. The summed E-state index contributed by atoms with van der Waals surface area (Å²) in [4.78, 5) is 28.8. The van der Waals surface area contributed by atoms with Crippen LogP contribution >= 0.6 is 23.2 Å². The Hall–Kier alpha value is -3.47. The third kappa shape index (κ3) is 7.78. The number of anilines is 1. The predicted octanol–water partition coefficient (Wildman–Crippen LogP) is 5.99. The first kappa shape index (κ1) is 33.4. The van der Waals surface area contributed by atoms with Crippen molar-refractivity contribution in [3.8, 4) is 11.5 Å². The van der Waals surface area contributed by atoms with Crippen molar-refractivity contribution in [2.24, 2.45) is 0 Å². The van der Waals surface area contributed by atoms with E-state index >= 15 is 0 Å². The second kappa shape index (κ2) is 14.5. The number of nitrogens with zero attached hydrogens (tertiary/aromatic N) is 2. The molecule has 0 radical (unpaired) electrons. The van der Waals surface area contributed by atoms with Crippen LogP contribution in [0.4, 0.5) is 5.69 Å². The minimum Gasteiger partial charge on any atom is -0.493 e. The highest BCUT2D eigenvalue weighted by atomic mass is 35.5. The highest BCUT2D eigenvalue weighted by Crippen LogP contribution is 2.33. The molecule has 12 heteroatoms. The third-order valence-electron chi connectivity index (χ3n) is 7.77. The summed E-state index contributed by atoms with van der Waals surface area (Å²) in [6, 6.07) is 15.0. The standard InChI is InChI=1S/C32H37Cl2N3O6S/c1-21-9-13-26(14-10-21)37(44(40,41)27-15-16-29(42-3)30(18-27)43-4)20-31(38)36(19-23-11-12-24(33)17-28(23)34)22(2)32(39)35-25-7-5-6-8-25/h9-18,22,25H,5-8,19-20H2,1-4H3,(H,35,39)/t22-/m0/s1. The van der Waals surface area contributed by atoms with Gasteiger partial charge in [-0.25, -0.2) is 8.42 Å². The van der Waals surface area contributed by atoms with Gasteiger partial charge in [0, 0.05) is 28.7 Å². The number of nitrogens with one attached hydrogen (secondary N) is 1. The Balaban J connectivity index is 1.73. The number of hydrogen-bond acceptors (Lipinski definition) is 6. The summed E-state index contributed by atoms with van der Waals surface area (Å²) in [7, 11) is -1.43. The second-order valence-electron chi connectivity index (χ2n) is 10.8. The lowest BCUT2D eigenvalue weighted by Gasteiger charge is -2.32. The smallest absolute Gasteiger partial charge is 0.264 e. The number of amides is 2. The first-order chi connectivity index (χ1) is 20.9. The summed E-state index contributed by atoms with van der Waals surface area (Å²) in [5, 5.41) is 3.80. The molecule has 1 aliphatic rings. The van der Waals surface area contributed by atoms with Crippen LogP contribution in [0.5, 0.6) is 11.5 Å². The fraction of sp³-hybridized carbons (Fsp3) is 0.375. The monoisotopic (exact) mass is 661 g/mol. The van der Waals surface area contributed by atoms with Gasteiger partial charge >= 0.3 is 0 Å². The minimum absolute atomic E-state index is 0.0355. The molecule has 0 bridgehead atoms. The summed E-state index contributed by atoms with van der Waals surface area (Å²) in [5.74, 6) is -0.327. The summed E-state index contributed by atoms with van der Waals surface area (Å²) >= 11 is 12.6. The molecule has 0 saturated heterocycles. The Morgan fingerprint density at radius 3 is 2.23 bits per heavy atom. The Labute approximate surface area is 269 Å². The maximum absolute atomic E-state index is 14.2. The number of ether oxygens (including phenoxy) is 2. The average Bonchev–Trinajstić information content (AvgIpc) is 3.52. The van der Waals surface area contributed by atoms with Crippen LogP contribution in [0.2, 0.25) is 10.0 Å². The molecular formula is C32H37Cl2N3O6S. The number of sulfonamides is 1. The molecule has 3 aromatic rings. The van der Waals surface area contributed by atoms with Gasteiger partial charge in [-0.3, -0.25) is 13.9 Å². The maximum Gasteiger partial charge on any atom is 0.264 e. The predicted molar refractivity (Wildman–Crippen MR) is 172 cm³/mol. The first-order valence-electron chi connectivity index (χ1n) is 14.3. The van der Waals surface area contributed by atoms with Gasteiger partial charge in [-0.2, -0.15) is 0 Å². The van der Waals surface area contributed by atoms with Gasteiger partial charge in [-0.1, -0.05) is 59.8 Å². The average molecular weight is 663 g/mol. The van der Waals surface area contributed by atoms with Crippen LogP contribution in [-0.2, 0) is 26.2 Å². The molecular weight excluding hydrogens is 625 g/mol. The van der Waals surface area contributed by atoms with Gasteiger partial charge in [0.15, 0.2) is 11.5 Å². The highest BCUT2D eigenvalue weighted by molar-refractivity contribution is 7.92. The van der Waals surface area contributed by atoms with Crippen molar-refractivity contribution in [2.75, 3.05) is 25.1 Å². The summed E-state index contributed by atoms with van der Waals surface area (Å²) in [6.45, 7) is 2.90. The van der Waals surface area contributed by atoms with Crippen molar-refractivity contribution in [1.82, 2.24) is 10.2 Å². The Kier molecular flexibility index (Phi) is 11.0. The van der Waals surface area contributed by atoms with Gasteiger partial charge in [-0.15, -0.1) is 0 Å². The normalized spacial score (nSPS) is 14.1. The van der Waals surface area contributed by atoms with Crippen LogP contribution in [0.1, 0.15) is 43.7 Å².